The second-order valence-electron chi connectivity index (χ2n) is 23.3. The van der Waals surface area contributed by atoms with Gasteiger partial charge in [-0.15, -0.1) is 0 Å². The number of methoxy groups -OCH3 is 2. The van der Waals surface area contributed by atoms with Gasteiger partial charge in [0.1, 0.15) is 36.6 Å². The summed E-state index contributed by atoms with van der Waals surface area (Å²) < 4.78 is 83.6. The molecule has 0 aliphatic carbocycles. The molecular formula is C55H94FN5O13S. The normalized spacial score (nSPS) is 38.8. The Kier molecular flexibility index (Phi) is 22.2. The summed E-state index contributed by atoms with van der Waals surface area (Å²) in [5, 5.41) is 37.7. The van der Waals surface area contributed by atoms with Crippen molar-refractivity contribution in [1.29, 1.82) is 0 Å². The number of hydrogen-bond acceptors (Lipinski definition) is 18. The van der Waals surface area contributed by atoms with Crippen molar-refractivity contribution >= 4 is 21.4 Å². The Bertz CT molecular complexity index is 2170. The molecule has 3 saturated heterocycles. The maximum Gasteiger partial charge on any atom is 0.311 e. The number of alkyl halides is 1. The molecule has 1 aromatic carbocycles. The lowest BCUT2D eigenvalue weighted by Crippen LogP contribution is -2.59. The van der Waals surface area contributed by atoms with Crippen molar-refractivity contribution in [3.05, 3.63) is 53.4 Å². The highest BCUT2D eigenvalue weighted by molar-refractivity contribution is 7.92. The van der Waals surface area contributed by atoms with Crippen LogP contribution in [0.4, 0.5) is 4.39 Å². The van der Waals surface area contributed by atoms with E-state index < -0.39 is 106 Å². The third-order valence-electron chi connectivity index (χ3n) is 16.5. The molecule has 430 valence electrons. The molecule has 4 aliphatic rings. The molecule has 20 heteroatoms. The van der Waals surface area contributed by atoms with Crippen molar-refractivity contribution in [1.82, 2.24) is 14.8 Å². The number of benzene rings is 1. The minimum absolute atomic E-state index is 0.0112. The van der Waals surface area contributed by atoms with Gasteiger partial charge in [-0.1, -0.05) is 51.1 Å². The van der Waals surface area contributed by atoms with Crippen LogP contribution in [0.2, 0.25) is 0 Å². The molecule has 0 saturated carbocycles. The molecule has 7 N–H and O–H groups in total. The van der Waals surface area contributed by atoms with Crippen LogP contribution in [0.3, 0.4) is 0 Å². The number of rotatable bonds is 17. The van der Waals surface area contributed by atoms with E-state index in [1.807, 2.05) is 72.7 Å². The Morgan fingerprint density at radius 2 is 1.64 bits per heavy atom. The highest BCUT2D eigenvalue weighted by Crippen LogP contribution is 2.40. The summed E-state index contributed by atoms with van der Waals surface area (Å²) in [5.41, 5.74) is 5.29. The molecule has 0 amide bonds. The molecule has 5 rings (SSSR count). The first kappa shape index (κ1) is 63.0. The third kappa shape index (κ3) is 16.2. The van der Waals surface area contributed by atoms with E-state index in [1.165, 1.54) is 25.2 Å². The molecule has 18 nitrogen and oxygen atoms in total. The third-order valence-corrected chi connectivity index (χ3v) is 18.0. The number of cyclic esters (lactones) is 1. The standard InChI is InChI=1S/C55H94FN5O13S/c1-15-45-55(10,65)50(62)38(7)60(12)30-33(2)26-54(9,64)51(36(5)48(37(6)52(63)72-45)73-47-28-53(8,69-14)27-35(4)71-47)74-46-25-43(24-34(3)70-46)59(11)22-20-42(57)31-61(58)44(29-56)49(68-13)40-18-16-39(17-19-40)41-21-23-75(66,67)32-41/h16-19,21,31,33-38,43-51,62,64-65H,15,20,22-30,32,57-58H2,1-14H3/b42-31-/t33-,34-,35+,36+,37-,38-,43+,44-,45-,46+,47+,48+,49-,50-,51-,53+,54-,55-/m1/s1. The van der Waals surface area contributed by atoms with Crippen LogP contribution < -0.4 is 11.6 Å². The van der Waals surface area contributed by atoms with Gasteiger partial charge in [0.15, 0.2) is 22.4 Å². The summed E-state index contributed by atoms with van der Waals surface area (Å²) in [7, 11) is 3.85. The second kappa shape index (κ2) is 26.4. The van der Waals surface area contributed by atoms with Crippen molar-refractivity contribution in [2.45, 2.75) is 204 Å². The summed E-state index contributed by atoms with van der Waals surface area (Å²) in [5.74, 6) is 4.04. The second-order valence-corrected chi connectivity index (χ2v) is 25.4. The van der Waals surface area contributed by atoms with Crippen LogP contribution in [0.1, 0.15) is 131 Å². The Hall–Kier alpha value is -2.83. The van der Waals surface area contributed by atoms with Crippen LogP contribution in [0.15, 0.2) is 42.2 Å². The van der Waals surface area contributed by atoms with Gasteiger partial charge in [-0.25, -0.2) is 18.7 Å². The van der Waals surface area contributed by atoms with Crippen LogP contribution >= 0.6 is 0 Å². The number of ether oxygens (including phenoxy) is 7. The Morgan fingerprint density at radius 1 is 0.987 bits per heavy atom. The van der Waals surface area contributed by atoms with Gasteiger partial charge < -0.3 is 69.0 Å². The molecule has 75 heavy (non-hydrogen) atoms. The lowest BCUT2D eigenvalue weighted by atomic mass is 9.77. The number of nitrogens with zero attached hydrogens (tertiary/aromatic N) is 3. The lowest BCUT2D eigenvalue weighted by molar-refractivity contribution is -0.292. The SMILES string of the molecule is CC[C@H]1OC(=O)[C@H](C)[C@@H](O[C@H]2C[C@@](C)(OC)C[C@H](C)O2)[C@H](C)[C@@H](O[C@H]2C[C@@H](N(C)CC/C(N)=C/N(N)[C@H](CF)[C@H](OC)c3ccc(C4=CCS(=O)(=O)C4)cc3)C[C@@H](C)O2)[C@](C)(O)C[C@@H](C)CN(C)[C@H](C)[C@@H](O)[C@]1(C)O. The Balaban J connectivity index is 1.37. The quantitative estimate of drug-likeness (QED) is 0.0763. The summed E-state index contributed by atoms with van der Waals surface area (Å²) in [4.78, 5) is 18.6. The fourth-order valence-electron chi connectivity index (χ4n) is 12.0. The highest BCUT2D eigenvalue weighted by Gasteiger charge is 2.51. The van der Waals surface area contributed by atoms with Gasteiger partial charge in [0.2, 0.25) is 0 Å². The maximum absolute atomic E-state index is 14.8. The van der Waals surface area contributed by atoms with E-state index in [-0.39, 0.29) is 48.5 Å². The van der Waals surface area contributed by atoms with Gasteiger partial charge in [-0.2, -0.15) is 0 Å². The summed E-state index contributed by atoms with van der Waals surface area (Å²) >= 11 is 0. The first-order chi connectivity index (χ1) is 35.0. The number of halogens is 1. The lowest BCUT2D eigenvalue weighted by Gasteiger charge is -2.47. The fraction of sp³-hybridized carbons (Fsp3) is 0.800. The monoisotopic (exact) mass is 1080 g/mol. The minimum Gasteiger partial charge on any atom is -0.459 e. The summed E-state index contributed by atoms with van der Waals surface area (Å²) in [6, 6.07) is 5.68. The Morgan fingerprint density at radius 3 is 2.23 bits per heavy atom. The number of nitrogens with two attached hydrogens (primary N) is 2. The number of hydrazine groups is 1. The molecule has 0 spiro atoms. The van der Waals surface area contributed by atoms with Gasteiger partial charge in [-0.05, 0) is 104 Å². The number of sulfone groups is 1. The molecule has 0 bridgehead atoms. The number of aliphatic hydroxyl groups excluding tert-OH is 1. The molecule has 4 heterocycles. The first-order valence-electron chi connectivity index (χ1n) is 27.0. The van der Waals surface area contributed by atoms with Crippen molar-refractivity contribution in [3.63, 3.8) is 0 Å². The molecule has 0 radical (unpaired) electrons. The van der Waals surface area contributed by atoms with E-state index in [2.05, 4.69) is 4.90 Å². The molecule has 1 aromatic rings. The van der Waals surface area contributed by atoms with Crippen LogP contribution in [-0.4, -0.2) is 188 Å². The zero-order valence-corrected chi connectivity index (χ0v) is 48.1. The van der Waals surface area contributed by atoms with E-state index in [4.69, 9.17) is 44.7 Å². The van der Waals surface area contributed by atoms with Gasteiger partial charge in [0, 0.05) is 82.9 Å². The predicted octanol–water partition coefficient (Wildman–Crippen LogP) is 5.23. The summed E-state index contributed by atoms with van der Waals surface area (Å²) in [6.45, 7) is 18.6. The van der Waals surface area contributed by atoms with Gasteiger partial charge in [0.05, 0.1) is 53.0 Å². The average Bonchev–Trinajstić information content (AvgIpc) is 3.71. The summed E-state index contributed by atoms with van der Waals surface area (Å²) in [6.07, 6.45) is -0.840. The fourth-order valence-corrected chi connectivity index (χ4v) is 13.3. The van der Waals surface area contributed by atoms with Crippen molar-refractivity contribution in [2.75, 3.05) is 59.6 Å². The zero-order valence-electron chi connectivity index (χ0n) is 47.3. The van der Waals surface area contributed by atoms with Crippen molar-refractivity contribution in [3.8, 4) is 0 Å². The number of carbonyl (C=O) groups is 1. The topological polar surface area (TPSA) is 238 Å². The molecule has 3 fully saturated rings. The number of aliphatic hydroxyl groups is 3. The first-order valence-corrected chi connectivity index (χ1v) is 28.8. The van der Waals surface area contributed by atoms with Crippen LogP contribution in [0.25, 0.3) is 5.57 Å². The van der Waals surface area contributed by atoms with Crippen LogP contribution in [-0.2, 0) is 47.8 Å². The van der Waals surface area contributed by atoms with Gasteiger partial charge in [-0.3, -0.25) is 4.79 Å². The largest absolute Gasteiger partial charge is 0.459 e. The molecule has 18 atom stereocenters. The highest BCUT2D eigenvalue weighted by atomic mass is 32.2. The van der Waals surface area contributed by atoms with E-state index in [9.17, 15) is 32.9 Å². The molecular weight excluding hydrogens is 990 g/mol. The van der Waals surface area contributed by atoms with Crippen molar-refractivity contribution < 1.29 is 66.1 Å². The number of likely N-dealkylation sites (N-methyl/N-ethyl adjacent to an activating group) is 1. The Labute approximate surface area is 447 Å². The number of esters is 1. The van der Waals surface area contributed by atoms with E-state index in [0.29, 0.717) is 56.5 Å². The molecule has 4 aliphatic heterocycles. The van der Waals surface area contributed by atoms with Crippen molar-refractivity contribution in [2.24, 2.45) is 29.3 Å². The maximum atomic E-state index is 14.8. The molecule has 0 aromatic heterocycles. The minimum atomic E-state index is -3.14. The average molecular weight is 1080 g/mol. The van der Waals surface area contributed by atoms with Crippen LogP contribution in [0.5, 0.6) is 0 Å². The molecule has 0 unspecified atom stereocenters. The number of hydrogen-bond donors (Lipinski definition) is 5. The van der Waals surface area contributed by atoms with E-state index in [1.54, 1.807) is 46.1 Å². The van der Waals surface area contributed by atoms with Crippen LogP contribution in [0, 0.1) is 17.8 Å². The van der Waals surface area contributed by atoms with E-state index in [0.717, 1.165) is 11.1 Å². The smallest absolute Gasteiger partial charge is 0.311 e. The number of carbonyl (C=O) groups excluding carboxylic acids is 1. The predicted molar refractivity (Wildman–Crippen MR) is 286 cm³/mol. The zero-order chi connectivity index (χ0) is 56.0. The van der Waals surface area contributed by atoms with E-state index >= 15 is 0 Å². The van der Waals surface area contributed by atoms with Gasteiger partial charge >= 0.3 is 5.97 Å². The van der Waals surface area contributed by atoms with Gasteiger partial charge in [0.25, 0.3) is 0 Å².